The number of benzene rings is 1. The van der Waals surface area contributed by atoms with E-state index in [2.05, 4.69) is 5.32 Å². The Bertz CT molecular complexity index is 738. The first-order valence-electron chi connectivity index (χ1n) is 8.74. The molecule has 1 saturated heterocycles. The molecule has 0 saturated carbocycles. The van der Waals surface area contributed by atoms with Crippen molar-refractivity contribution < 1.29 is 18.9 Å². The summed E-state index contributed by atoms with van der Waals surface area (Å²) in [6, 6.07) is 10.8. The molecule has 2 amide bonds. The van der Waals surface area contributed by atoms with Crippen LogP contribution in [0.2, 0.25) is 5.02 Å². The highest BCUT2D eigenvalue weighted by Crippen LogP contribution is 2.15. The molecule has 1 aromatic heterocycles. The van der Waals surface area contributed by atoms with E-state index in [1.165, 1.54) is 11.2 Å². The summed E-state index contributed by atoms with van der Waals surface area (Å²) in [4.78, 5) is 27.5. The zero-order valence-corrected chi connectivity index (χ0v) is 15.5. The van der Waals surface area contributed by atoms with Gasteiger partial charge in [0.25, 0.3) is 11.8 Å². The van der Waals surface area contributed by atoms with E-state index in [1.807, 2.05) is 31.2 Å². The van der Waals surface area contributed by atoms with Crippen molar-refractivity contribution in [2.75, 3.05) is 32.7 Å². The summed E-state index contributed by atoms with van der Waals surface area (Å²) in [6.45, 7) is 5.09. The molecule has 6 nitrogen and oxygen atoms in total. The standard InChI is InChI=1S/C19H22ClN3O3/c1-14(15-4-6-16(20)7-5-15)21-18(24)13-22-8-10-23(11-9-22)19(25)17-3-2-12-26-17/h2-7,12,14H,8-11,13H2,1H3,(H,21,24)/p+1/t14-/m0/s1. The van der Waals surface area contributed by atoms with Crippen molar-refractivity contribution in [2.24, 2.45) is 0 Å². The van der Waals surface area contributed by atoms with Gasteiger partial charge in [-0.3, -0.25) is 9.59 Å². The van der Waals surface area contributed by atoms with Crippen molar-refractivity contribution in [1.82, 2.24) is 10.2 Å². The van der Waals surface area contributed by atoms with Gasteiger partial charge in [-0.1, -0.05) is 23.7 Å². The molecule has 1 fully saturated rings. The van der Waals surface area contributed by atoms with E-state index in [9.17, 15) is 9.59 Å². The van der Waals surface area contributed by atoms with Crippen LogP contribution < -0.4 is 10.2 Å². The molecule has 2 N–H and O–H groups in total. The van der Waals surface area contributed by atoms with Crippen LogP contribution in [0.4, 0.5) is 0 Å². The molecule has 26 heavy (non-hydrogen) atoms. The minimum Gasteiger partial charge on any atom is -0.459 e. The topological polar surface area (TPSA) is 67.0 Å². The van der Waals surface area contributed by atoms with Gasteiger partial charge in [0.2, 0.25) is 0 Å². The van der Waals surface area contributed by atoms with E-state index in [4.69, 9.17) is 16.0 Å². The predicted octanol–water partition coefficient (Wildman–Crippen LogP) is 1.15. The van der Waals surface area contributed by atoms with Crippen LogP contribution in [-0.2, 0) is 4.79 Å². The molecule has 1 atom stereocenters. The Balaban J connectivity index is 1.44. The highest BCUT2D eigenvalue weighted by atomic mass is 35.5. The summed E-state index contributed by atoms with van der Waals surface area (Å²) in [7, 11) is 0. The van der Waals surface area contributed by atoms with Crippen molar-refractivity contribution in [3.63, 3.8) is 0 Å². The molecular formula is C19H23ClN3O3+. The summed E-state index contributed by atoms with van der Waals surface area (Å²) >= 11 is 5.89. The number of rotatable bonds is 5. The van der Waals surface area contributed by atoms with Crippen LogP contribution in [0.5, 0.6) is 0 Å². The minimum atomic E-state index is -0.0881. The van der Waals surface area contributed by atoms with Gasteiger partial charge < -0.3 is 19.5 Å². The lowest BCUT2D eigenvalue weighted by Gasteiger charge is -2.31. The fourth-order valence-electron chi connectivity index (χ4n) is 3.11. The average Bonchev–Trinajstić information content (AvgIpc) is 3.17. The molecule has 1 aliphatic heterocycles. The van der Waals surface area contributed by atoms with Crippen molar-refractivity contribution in [3.05, 3.63) is 59.0 Å². The third-order valence-corrected chi connectivity index (χ3v) is 4.90. The number of amides is 2. The summed E-state index contributed by atoms with van der Waals surface area (Å²) in [5, 5.41) is 3.70. The molecule has 0 bridgehead atoms. The van der Waals surface area contributed by atoms with Gasteiger partial charge in [-0.2, -0.15) is 0 Å². The molecule has 138 valence electrons. The molecule has 0 spiro atoms. The van der Waals surface area contributed by atoms with E-state index < -0.39 is 0 Å². The lowest BCUT2D eigenvalue weighted by molar-refractivity contribution is -0.896. The van der Waals surface area contributed by atoms with Crippen LogP contribution in [-0.4, -0.2) is 49.4 Å². The van der Waals surface area contributed by atoms with Gasteiger partial charge in [0.05, 0.1) is 38.5 Å². The summed E-state index contributed by atoms with van der Waals surface area (Å²) < 4.78 is 5.16. The van der Waals surface area contributed by atoms with Gasteiger partial charge in [-0.25, -0.2) is 0 Å². The molecule has 0 aliphatic carbocycles. The number of quaternary nitrogens is 1. The van der Waals surface area contributed by atoms with Crippen LogP contribution in [0.25, 0.3) is 0 Å². The van der Waals surface area contributed by atoms with Crippen molar-refractivity contribution in [2.45, 2.75) is 13.0 Å². The Hall–Kier alpha value is -2.31. The van der Waals surface area contributed by atoms with Crippen LogP contribution in [0.1, 0.15) is 29.1 Å². The summed E-state index contributed by atoms with van der Waals surface area (Å²) in [5.74, 6) is 0.283. The Morgan fingerprint density at radius 2 is 1.92 bits per heavy atom. The Labute approximate surface area is 157 Å². The Morgan fingerprint density at radius 3 is 2.54 bits per heavy atom. The lowest BCUT2D eigenvalue weighted by Crippen LogP contribution is -3.15. The van der Waals surface area contributed by atoms with E-state index in [0.717, 1.165) is 18.7 Å². The maximum Gasteiger partial charge on any atom is 0.289 e. The fourth-order valence-corrected chi connectivity index (χ4v) is 3.24. The molecule has 0 radical (unpaired) electrons. The number of nitrogens with one attached hydrogen (secondary N) is 2. The second-order valence-corrected chi connectivity index (χ2v) is 6.97. The zero-order chi connectivity index (χ0) is 18.5. The van der Waals surface area contributed by atoms with E-state index in [1.54, 1.807) is 17.0 Å². The number of hydrogen-bond donors (Lipinski definition) is 2. The van der Waals surface area contributed by atoms with Crippen LogP contribution in [0.15, 0.2) is 47.1 Å². The van der Waals surface area contributed by atoms with Gasteiger partial charge >= 0.3 is 0 Å². The molecule has 1 aliphatic rings. The maximum absolute atomic E-state index is 12.3. The first-order chi connectivity index (χ1) is 12.5. The third kappa shape index (κ3) is 4.65. The van der Waals surface area contributed by atoms with Crippen molar-refractivity contribution >= 4 is 23.4 Å². The first kappa shape index (κ1) is 18.5. The normalized spacial score (nSPS) is 16.3. The van der Waals surface area contributed by atoms with Gasteiger partial charge in [0, 0.05) is 5.02 Å². The van der Waals surface area contributed by atoms with E-state index >= 15 is 0 Å². The van der Waals surface area contributed by atoms with Gasteiger partial charge in [0.1, 0.15) is 0 Å². The number of carbonyl (C=O) groups is 2. The second kappa shape index (κ2) is 8.38. The van der Waals surface area contributed by atoms with Gasteiger partial charge in [-0.05, 0) is 36.8 Å². The van der Waals surface area contributed by atoms with Crippen LogP contribution in [0, 0.1) is 0 Å². The number of halogens is 1. The summed E-state index contributed by atoms with van der Waals surface area (Å²) in [6.07, 6.45) is 1.50. The monoisotopic (exact) mass is 376 g/mol. The highest BCUT2D eigenvalue weighted by Gasteiger charge is 2.27. The second-order valence-electron chi connectivity index (χ2n) is 6.54. The third-order valence-electron chi connectivity index (χ3n) is 4.65. The van der Waals surface area contributed by atoms with Gasteiger partial charge in [0.15, 0.2) is 12.3 Å². The Morgan fingerprint density at radius 1 is 1.23 bits per heavy atom. The molecule has 0 unspecified atom stereocenters. The number of furan rings is 1. The highest BCUT2D eigenvalue weighted by molar-refractivity contribution is 6.30. The average molecular weight is 377 g/mol. The summed E-state index contributed by atoms with van der Waals surface area (Å²) in [5.41, 5.74) is 1.02. The zero-order valence-electron chi connectivity index (χ0n) is 14.7. The number of carbonyl (C=O) groups excluding carboxylic acids is 2. The number of hydrogen-bond acceptors (Lipinski definition) is 3. The minimum absolute atomic E-state index is 0.00765. The molecule has 7 heteroatoms. The fraction of sp³-hybridized carbons (Fsp3) is 0.368. The largest absolute Gasteiger partial charge is 0.459 e. The van der Waals surface area contributed by atoms with Gasteiger partial charge in [-0.15, -0.1) is 0 Å². The quantitative estimate of drug-likeness (QED) is 0.822. The molecule has 2 aromatic rings. The van der Waals surface area contributed by atoms with Crippen molar-refractivity contribution in [1.29, 1.82) is 0 Å². The van der Waals surface area contributed by atoms with Crippen LogP contribution >= 0.6 is 11.6 Å². The maximum atomic E-state index is 12.3. The molecular weight excluding hydrogens is 354 g/mol. The molecule has 2 heterocycles. The SMILES string of the molecule is C[C@H](NC(=O)C[NH+]1CCN(C(=O)c2ccco2)CC1)c1ccc(Cl)cc1. The van der Waals surface area contributed by atoms with E-state index in [-0.39, 0.29) is 17.9 Å². The lowest BCUT2D eigenvalue weighted by atomic mass is 10.1. The Kier molecular flexibility index (Phi) is 5.96. The molecule has 1 aromatic carbocycles. The predicted molar refractivity (Wildman–Crippen MR) is 98.2 cm³/mol. The van der Waals surface area contributed by atoms with Crippen LogP contribution in [0.3, 0.4) is 0 Å². The van der Waals surface area contributed by atoms with Crippen molar-refractivity contribution in [3.8, 4) is 0 Å². The van der Waals surface area contributed by atoms with E-state index in [0.29, 0.717) is 30.4 Å². The first-order valence-corrected chi connectivity index (χ1v) is 9.12. The number of piperazine rings is 1. The smallest absolute Gasteiger partial charge is 0.289 e. The molecule has 3 rings (SSSR count). The number of nitrogens with zero attached hydrogens (tertiary/aromatic N) is 1.